The molecule has 0 N–H and O–H groups in total. The van der Waals surface area contributed by atoms with E-state index in [2.05, 4.69) is 5.16 Å². The second kappa shape index (κ2) is 6.94. The molecule has 122 valence electrons. The van der Waals surface area contributed by atoms with Crippen molar-refractivity contribution in [1.29, 1.82) is 0 Å². The number of nitrogens with zero attached hydrogens (tertiary/aromatic N) is 2. The average Bonchev–Trinajstić information content (AvgIpc) is 3.00. The fourth-order valence-electron chi connectivity index (χ4n) is 3.18. The van der Waals surface area contributed by atoms with Gasteiger partial charge in [-0.2, -0.15) is 0 Å². The summed E-state index contributed by atoms with van der Waals surface area (Å²) in [6.07, 6.45) is 3.66. The number of aryl methyl sites for hydroxylation is 2. The van der Waals surface area contributed by atoms with Gasteiger partial charge in [-0.3, -0.25) is 4.79 Å². The first-order chi connectivity index (χ1) is 11.1. The zero-order chi connectivity index (χ0) is 16.2. The maximum absolute atomic E-state index is 13.7. The highest BCUT2D eigenvalue weighted by Crippen LogP contribution is 2.23. The van der Waals surface area contributed by atoms with Crippen LogP contribution in [-0.4, -0.2) is 29.1 Å². The topological polar surface area (TPSA) is 46.3 Å². The fourth-order valence-corrected chi connectivity index (χ4v) is 3.18. The minimum absolute atomic E-state index is 0.0718. The Morgan fingerprint density at radius 1 is 1.43 bits per heavy atom. The van der Waals surface area contributed by atoms with Crippen LogP contribution in [-0.2, 0) is 6.42 Å². The van der Waals surface area contributed by atoms with Gasteiger partial charge in [0.15, 0.2) is 5.69 Å². The Bertz CT molecular complexity index is 683. The molecule has 0 bridgehead atoms. The third-order valence-corrected chi connectivity index (χ3v) is 4.43. The molecule has 0 aliphatic carbocycles. The number of hydrogen-bond donors (Lipinski definition) is 0. The van der Waals surface area contributed by atoms with Crippen LogP contribution in [0.15, 0.2) is 34.9 Å². The summed E-state index contributed by atoms with van der Waals surface area (Å²) in [5.41, 5.74) is 1.13. The normalized spacial score (nSPS) is 18.2. The van der Waals surface area contributed by atoms with Crippen molar-refractivity contribution in [3.8, 4) is 0 Å². The largest absolute Gasteiger partial charge is 0.361 e. The summed E-state index contributed by atoms with van der Waals surface area (Å²) >= 11 is 0. The van der Waals surface area contributed by atoms with Gasteiger partial charge in [0, 0.05) is 19.2 Å². The number of amides is 1. The molecule has 2 heterocycles. The lowest BCUT2D eigenvalue weighted by atomic mass is 9.91. The summed E-state index contributed by atoms with van der Waals surface area (Å²) in [7, 11) is 0. The summed E-state index contributed by atoms with van der Waals surface area (Å²) in [6.45, 7) is 3.23. The van der Waals surface area contributed by atoms with Gasteiger partial charge in [-0.25, -0.2) is 4.39 Å². The van der Waals surface area contributed by atoms with Gasteiger partial charge in [0.1, 0.15) is 11.6 Å². The van der Waals surface area contributed by atoms with Crippen LogP contribution in [0.2, 0.25) is 0 Å². The van der Waals surface area contributed by atoms with Crippen molar-refractivity contribution in [2.45, 2.75) is 32.6 Å². The SMILES string of the molecule is Cc1cc(C(=O)N2CCC[C@@H](CCc3ccccc3F)C2)no1. The third-order valence-electron chi connectivity index (χ3n) is 4.43. The number of rotatable bonds is 4. The van der Waals surface area contributed by atoms with Crippen molar-refractivity contribution < 1.29 is 13.7 Å². The molecule has 1 aromatic carbocycles. The summed E-state index contributed by atoms with van der Waals surface area (Å²) in [4.78, 5) is 14.3. The Hall–Kier alpha value is -2.17. The average molecular weight is 316 g/mol. The molecule has 5 heteroatoms. The highest BCUT2D eigenvalue weighted by molar-refractivity contribution is 5.92. The third kappa shape index (κ3) is 3.78. The maximum atomic E-state index is 13.7. The maximum Gasteiger partial charge on any atom is 0.276 e. The van der Waals surface area contributed by atoms with E-state index in [-0.39, 0.29) is 11.7 Å². The van der Waals surface area contributed by atoms with Crippen LogP contribution < -0.4 is 0 Å². The number of benzene rings is 1. The van der Waals surface area contributed by atoms with Crippen molar-refractivity contribution in [1.82, 2.24) is 10.1 Å². The van der Waals surface area contributed by atoms with Gasteiger partial charge in [0.25, 0.3) is 5.91 Å². The van der Waals surface area contributed by atoms with Crippen LogP contribution in [0.25, 0.3) is 0 Å². The summed E-state index contributed by atoms with van der Waals surface area (Å²) in [5, 5.41) is 3.81. The molecule has 2 aromatic rings. The Labute approximate surface area is 135 Å². The molecule has 1 atom stereocenters. The van der Waals surface area contributed by atoms with Gasteiger partial charge >= 0.3 is 0 Å². The Morgan fingerprint density at radius 2 is 2.26 bits per heavy atom. The molecule has 1 aromatic heterocycles. The second-order valence-corrected chi connectivity index (χ2v) is 6.21. The number of aromatic nitrogens is 1. The first-order valence-electron chi connectivity index (χ1n) is 8.09. The van der Waals surface area contributed by atoms with Crippen molar-refractivity contribution in [2.24, 2.45) is 5.92 Å². The lowest BCUT2D eigenvalue weighted by Crippen LogP contribution is -2.40. The van der Waals surface area contributed by atoms with E-state index in [1.165, 1.54) is 6.07 Å². The first kappa shape index (κ1) is 15.7. The van der Waals surface area contributed by atoms with Crippen molar-refractivity contribution >= 4 is 5.91 Å². The zero-order valence-electron chi connectivity index (χ0n) is 13.3. The molecular weight excluding hydrogens is 295 g/mol. The monoisotopic (exact) mass is 316 g/mol. The predicted octanol–water partition coefficient (Wildman–Crippen LogP) is 3.61. The van der Waals surface area contributed by atoms with Crippen LogP contribution in [0.3, 0.4) is 0 Å². The smallest absolute Gasteiger partial charge is 0.276 e. The molecular formula is C18H21FN2O2. The Morgan fingerprint density at radius 3 is 3.00 bits per heavy atom. The van der Waals surface area contributed by atoms with E-state index in [0.29, 0.717) is 30.3 Å². The number of hydrogen-bond acceptors (Lipinski definition) is 3. The van der Waals surface area contributed by atoms with Gasteiger partial charge < -0.3 is 9.42 Å². The van der Waals surface area contributed by atoms with E-state index in [0.717, 1.165) is 31.4 Å². The van der Waals surface area contributed by atoms with Crippen molar-refractivity contribution in [2.75, 3.05) is 13.1 Å². The van der Waals surface area contributed by atoms with Crippen LogP contribution >= 0.6 is 0 Å². The number of halogens is 1. The molecule has 4 nitrogen and oxygen atoms in total. The van der Waals surface area contributed by atoms with Crippen molar-refractivity contribution in [3.63, 3.8) is 0 Å². The van der Waals surface area contributed by atoms with Gasteiger partial charge in [-0.15, -0.1) is 0 Å². The molecule has 0 unspecified atom stereocenters. The molecule has 0 spiro atoms. The molecule has 1 amide bonds. The number of carbonyl (C=O) groups is 1. The van der Waals surface area contributed by atoms with Crippen LogP contribution in [0.1, 0.15) is 41.1 Å². The minimum atomic E-state index is -0.144. The van der Waals surface area contributed by atoms with Gasteiger partial charge in [0.05, 0.1) is 0 Å². The van der Waals surface area contributed by atoms with E-state index in [1.54, 1.807) is 19.1 Å². The van der Waals surface area contributed by atoms with E-state index in [4.69, 9.17) is 4.52 Å². The van der Waals surface area contributed by atoms with Gasteiger partial charge in [-0.1, -0.05) is 23.4 Å². The quantitative estimate of drug-likeness (QED) is 0.865. The molecule has 1 saturated heterocycles. The second-order valence-electron chi connectivity index (χ2n) is 6.21. The molecule has 23 heavy (non-hydrogen) atoms. The van der Waals surface area contributed by atoms with E-state index in [1.807, 2.05) is 17.0 Å². The fraction of sp³-hybridized carbons (Fsp3) is 0.444. The Balaban J connectivity index is 1.58. The van der Waals surface area contributed by atoms with E-state index >= 15 is 0 Å². The van der Waals surface area contributed by atoms with E-state index in [9.17, 15) is 9.18 Å². The summed E-state index contributed by atoms with van der Waals surface area (Å²) in [5.74, 6) is 0.827. The highest BCUT2D eigenvalue weighted by atomic mass is 19.1. The molecule has 1 fully saturated rings. The molecule has 0 saturated carbocycles. The first-order valence-corrected chi connectivity index (χ1v) is 8.09. The standard InChI is InChI=1S/C18H21FN2O2/c1-13-11-17(20-23-13)18(22)21-10-4-5-14(12-21)8-9-15-6-2-3-7-16(15)19/h2-3,6-7,11,14H,4-5,8-10,12H2,1H3/t14-/m0/s1. The predicted molar refractivity (Wildman–Crippen MR) is 84.6 cm³/mol. The highest BCUT2D eigenvalue weighted by Gasteiger charge is 2.26. The van der Waals surface area contributed by atoms with Crippen molar-refractivity contribution in [3.05, 3.63) is 53.2 Å². The minimum Gasteiger partial charge on any atom is -0.361 e. The summed E-state index contributed by atoms with van der Waals surface area (Å²) < 4.78 is 18.7. The Kier molecular flexibility index (Phi) is 4.74. The van der Waals surface area contributed by atoms with Gasteiger partial charge in [0.2, 0.25) is 0 Å². The lowest BCUT2D eigenvalue weighted by molar-refractivity contribution is 0.0657. The van der Waals surface area contributed by atoms with Crippen LogP contribution in [0.5, 0.6) is 0 Å². The van der Waals surface area contributed by atoms with Crippen LogP contribution in [0.4, 0.5) is 4.39 Å². The van der Waals surface area contributed by atoms with E-state index < -0.39 is 0 Å². The molecule has 0 radical (unpaired) electrons. The zero-order valence-corrected chi connectivity index (χ0v) is 13.3. The lowest BCUT2D eigenvalue weighted by Gasteiger charge is -2.32. The number of likely N-dealkylation sites (tertiary alicyclic amines) is 1. The molecule has 1 aliphatic heterocycles. The summed E-state index contributed by atoms with van der Waals surface area (Å²) in [6, 6.07) is 8.57. The number of carbonyl (C=O) groups excluding carboxylic acids is 1. The molecule has 3 rings (SSSR count). The van der Waals surface area contributed by atoms with Crippen LogP contribution in [0, 0.1) is 18.7 Å². The number of piperidine rings is 1. The van der Waals surface area contributed by atoms with Gasteiger partial charge in [-0.05, 0) is 50.2 Å². The molecule has 1 aliphatic rings.